The Bertz CT molecular complexity index is 754. The summed E-state index contributed by atoms with van der Waals surface area (Å²) in [6.45, 7) is 12.3. The first-order chi connectivity index (χ1) is 13.0. The second kappa shape index (κ2) is 7.03. The van der Waals surface area contributed by atoms with Gasteiger partial charge < -0.3 is 18.9 Å². The third kappa shape index (κ3) is 2.96. The van der Waals surface area contributed by atoms with Crippen LogP contribution in [0.4, 0.5) is 0 Å². The number of carbonyl (C=O) groups excluding carboxylic acids is 3. The molecule has 0 spiro atoms. The fourth-order valence-electron chi connectivity index (χ4n) is 5.09. The standard InChI is InChI=1S/C21H28O7/c1-11-7-8-21(10-25-13(3)22)16(9-11)28-17-12(2)20(21,6)19(27-15(5)24)18(17)26-14(4)23/h9,16-19H,2,7-8,10H2,1,3-6H3/t16-,17+,18+,19-,20-,21-/m1/s1. The molecule has 6 atom stereocenters. The Labute approximate surface area is 165 Å². The summed E-state index contributed by atoms with van der Waals surface area (Å²) < 4.78 is 23.1. The number of rotatable bonds is 4. The van der Waals surface area contributed by atoms with Crippen molar-refractivity contribution in [2.75, 3.05) is 6.61 Å². The lowest BCUT2D eigenvalue weighted by atomic mass is 9.53. The van der Waals surface area contributed by atoms with Crippen LogP contribution in [0.5, 0.6) is 0 Å². The van der Waals surface area contributed by atoms with Crippen LogP contribution in [-0.2, 0) is 33.3 Å². The molecule has 1 aliphatic heterocycles. The predicted octanol–water partition coefficient (Wildman–Crippen LogP) is 2.48. The Morgan fingerprint density at radius 1 is 1.18 bits per heavy atom. The molecule has 0 aromatic rings. The highest BCUT2D eigenvalue weighted by Crippen LogP contribution is 2.65. The zero-order valence-electron chi connectivity index (χ0n) is 17.1. The van der Waals surface area contributed by atoms with Crippen LogP contribution in [0.2, 0.25) is 0 Å². The maximum Gasteiger partial charge on any atom is 0.303 e. The Hall–Kier alpha value is -2.15. The van der Waals surface area contributed by atoms with Crippen molar-refractivity contribution in [1.82, 2.24) is 0 Å². The van der Waals surface area contributed by atoms with Gasteiger partial charge in [-0.15, -0.1) is 0 Å². The molecule has 0 radical (unpaired) electrons. The van der Waals surface area contributed by atoms with Gasteiger partial charge in [0.15, 0.2) is 12.2 Å². The molecule has 0 aromatic heterocycles. The van der Waals surface area contributed by atoms with E-state index in [9.17, 15) is 14.4 Å². The maximum atomic E-state index is 11.9. The van der Waals surface area contributed by atoms with E-state index in [1.807, 2.05) is 19.9 Å². The second-order valence-electron chi connectivity index (χ2n) is 8.26. The van der Waals surface area contributed by atoms with Crippen molar-refractivity contribution in [3.05, 3.63) is 23.8 Å². The molecule has 1 saturated carbocycles. The fraction of sp³-hybridized carbons (Fsp3) is 0.667. The average molecular weight is 392 g/mol. The molecular formula is C21H28O7. The lowest BCUT2D eigenvalue weighted by Gasteiger charge is -2.56. The number of hydrogen-bond donors (Lipinski definition) is 0. The highest BCUT2D eigenvalue weighted by atomic mass is 16.6. The molecule has 7 nitrogen and oxygen atoms in total. The Balaban J connectivity index is 2.15. The number of hydrogen-bond acceptors (Lipinski definition) is 7. The van der Waals surface area contributed by atoms with E-state index in [4.69, 9.17) is 18.9 Å². The van der Waals surface area contributed by atoms with Crippen molar-refractivity contribution in [3.63, 3.8) is 0 Å². The van der Waals surface area contributed by atoms with Crippen LogP contribution in [-0.4, -0.2) is 48.9 Å². The van der Waals surface area contributed by atoms with E-state index in [2.05, 4.69) is 6.58 Å². The quantitative estimate of drug-likeness (QED) is 0.413. The average Bonchev–Trinajstić information content (AvgIpc) is 2.72. The molecular weight excluding hydrogens is 364 g/mol. The van der Waals surface area contributed by atoms with Crippen LogP contribution in [0.1, 0.15) is 47.5 Å². The molecule has 1 heterocycles. The minimum absolute atomic E-state index is 0.101. The zero-order valence-corrected chi connectivity index (χ0v) is 17.1. The first kappa shape index (κ1) is 20.6. The predicted molar refractivity (Wildman–Crippen MR) is 99.1 cm³/mol. The first-order valence-electron chi connectivity index (χ1n) is 9.53. The number of ether oxygens (including phenoxy) is 4. The fourth-order valence-corrected chi connectivity index (χ4v) is 5.09. The summed E-state index contributed by atoms with van der Waals surface area (Å²) in [5.41, 5.74) is 0.396. The van der Waals surface area contributed by atoms with Crippen LogP contribution >= 0.6 is 0 Å². The van der Waals surface area contributed by atoms with Crippen LogP contribution in [0, 0.1) is 10.8 Å². The summed E-state index contributed by atoms with van der Waals surface area (Å²) in [6, 6.07) is 0. The molecule has 1 saturated heterocycles. The van der Waals surface area contributed by atoms with Gasteiger partial charge in [0, 0.05) is 31.6 Å². The van der Waals surface area contributed by atoms with Crippen LogP contribution in [0.3, 0.4) is 0 Å². The summed E-state index contributed by atoms with van der Waals surface area (Å²) in [5, 5.41) is 0. The van der Waals surface area contributed by atoms with E-state index in [-0.39, 0.29) is 12.7 Å². The van der Waals surface area contributed by atoms with Gasteiger partial charge in [0.05, 0.1) is 6.10 Å². The van der Waals surface area contributed by atoms with Gasteiger partial charge in [0.1, 0.15) is 12.7 Å². The van der Waals surface area contributed by atoms with Gasteiger partial charge >= 0.3 is 17.9 Å². The van der Waals surface area contributed by atoms with Gasteiger partial charge in [-0.25, -0.2) is 0 Å². The minimum atomic E-state index is -0.799. The van der Waals surface area contributed by atoms with Gasteiger partial charge in [0.25, 0.3) is 0 Å². The maximum absolute atomic E-state index is 11.9. The molecule has 0 aromatic carbocycles. The third-order valence-electron chi connectivity index (χ3n) is 6.58. The topological polar surface area (TPSA) is 88.1 Å². The number of fused-ring (bicyclic) bond motifs is 4. The summed E-state index contributed by atoms with van der Waals surface area (Å²) in [4.78, 5) is 35.3. The number of esters is 3. The Kier molecular flexibility index (Phi) is 5.17. The summed E-state index contributed by atoms with van der Waals surface area (Å²) in [5.74, 6) is -1.36. The first-order valence-corrected chi connectivity index (χ1v) is 9.53. The van der Waals surface area contributed by atoms with E-state index in [1.165, 1.54) is 26.3 Å². The van der Waals surface area contributed by atoms with Crippen molar-refractivity contribution in [2.24, 2.45) is 10.8 Å². The molecule has 3 rings (SSSR count). The highest BCUT2D eigenvalue weighted by molar-refractivity contribution is 5.68. The van der Waals surface area contributed by atoms with Gasteiger partial charge in [0.2, 0.25) is 0 Å². The van der Waals surface area contributed by atoms with E-state index < -0.39 is 47.0 Å². The van der Waals surface area contributed by atoms with Crippen molar-refractivity contribution in [2.45, 2.75) is 71.9 Å². The SMILES string of the molecule is C=C1[C@@H]2O[C@@H]3C=C(C)CC[C@]3(COC(C)=O)[C@@]1(C)[C@H](OC(C)=O)[C@H]2OC(C)=O. The molecule has 2 bridgehead atoms. The minimum Gasteiger partial charge on any atom is -0.465 e. The van der Waals surface area contributed by atoms with Crippen LogP contribution < -0.4 is 0 Å². The number of allylic oxidation sites excluding steroid dienone is 1. The lowest BCUT2D eigenvalue weighted by Crippen LogP contribution is -2.60. The molecule has 0 unspecified atom stereocenters. The molecule has 0 N–H and O–H groups in total. The van der Waals surface area contributed by atoms with Gasteiger partial charge in [-0.1, -0.05) is 25.2 Å². The molecule has 7 heteroatoms. The van der Waals surface area contributed by atoms with Crippen molar-refractivity contribution in [3.8, 4) is 0 Å². The summed E-state index contributed by atoms with van der Waals surface area (Å²) >= 11 is 0. The van der Waals surface area contributed by atoms with Crippen LogP contribution in [0.15, 0.2) is 23.8 Å². The van der Waals surface area contributed by atoms with E-state index in [0.29, 0.717) is 12.0 Å². The van der Waals surface area contributed by atoms with Crippen molar-refractivity contribution in [1.29, 1.82) is 0 Å². The summed E-state index contributed by atoms with van der Waals surface area (Å²) in [7, 11) is 0. The normalized spacial score (nSPS) is 38.9. The second-order valence-corrected chi connectivity index (χ2v) is 8.26. The number of carbonyl (C=O) groups is 3. The lowest BCUT2D eigenvalue weighted by molar-refractivity contribution is -0.184. The molecule has 28 heavy (non-hydrogen) atoms. The molecule has 0 amide bonds. The van der Waals surface area contributed by atoms with Gasteiger partial charge in [-0.3, -0.25) is 14.4 Å². The Morgan fingerprint density at radius 2 is 1.82 bits per heavy atom. The highest BCUT2D eigenvalue weighted by Gasteiger charge is 2.72. The van der Waals surface area contributed by atoms with Gasteiger partial charge in [-0.2, -0.15) is 0 Å². The molecule has 2 aliphatic carbocycles. The largest absolute Gasteiger partial charge is 0.465 e. The van der Waals surface area contributed by atoms with Crippen LogP contribution in [0.25, 0.3) is 0 Å². The smallest absolute Gasteiger partial charge is 0.303 e. The van der Waals surface area contributed by atoms with Gasteiger partial charge in [-0.05, 0) is 25.3 Å². The van der Waals surface area contributed by atoms with E-state index in [0.717, 1.165) is 6.42 Å². The van der Waals surface area contributed by atoms with Crippen molar-refractivity contribution < 1.29 is 33.3 Å². The van der Waals surface area contributed by atoms with E-state index in [1.54, 1.807) is 0 Å². The summed E-state index contributed by atoms with van der Waals surface area (Å²) in [6.07, 6.45) is 0.938. The molecule has 154 valence electrons. The molecule has 3 aliphatic rings. The monoisotopic (exact) mass is 392 g/mol. The zero-order chi connectivity index (χ0) is 20.9. The third-order valence-corrected chi connectivity index (χ3v) is 6.58. The van der Waals surface area contributed by atoms with E-state index >= 15 is 0 Å². The Morgan fingerprint density at radius 3 is 2.39 bits per heavy atom. The molecule has 2 fully saturated rings. The van der Waals surface area contributed by atoms with Crippen molar-refractivity contribution >= 4 is 17.9 Å².